The molecule has 0 fully saturated rings. The highest BCUT2D eigenvalue weighted by molar-refractivity contribution is 7.89. The number of benzene rings is 1. The lowest BCUT2D eigenvalue weighted by molar-refractivity contribution is -0.117. The van der Waals surface area contributed by atoms with Crippen LogP contribution in [0, 0.1) is 0 Å². The Hall–Kier alpha value is -1.77. The minimum atomic E-state index is -3.57. The van der Waals surface area contributed by atoms with Crippen LogP contribution in [0.4, 0.5) is 0 Å². The Morgan fingerprint density at radius 3 is 2.67 bits per heavy atom. The minimum absolute atomic E-state index is 0.0178. The van der Waals surface area contributed by atoms with Gasteiger partial charge in [-0.2, -0.15) is 4.99 Å². The van der Waals surface area contributed by atoms with Gasteiger partial charge in [0.2, 0.25) is 15.9 Å². The quantitative estimate of drug-likeness (QED) is 0.886. The van der Waals surface area contributed by atoms with E-state index in [1.807, 2.05) is 5.38 Å². The first-order valence-electron chi connectivity index (χ1n) is 6.21. The van der Waals surface area contributed by atoms with E-state index in [2.05, 4.69) is 9.71 Å². The summed E-state index contributed by atoms with van der Waals surface area (Å²) in [6.07, 6.45) is 1.82. The highest BCUT2D eigenvalue weighted by Gasteiger charge is 2.13. The molecular formula is C13H15N3O3S2. The summed E-state index contributed by atoms with van der Waals surface area (Å²) in [7, 11) is -1.78. The summed E-state index contributed by atoms with van der Waals surface area (Å²) in [4.78, 5) is 16.4. The molecule has 0 aliphatic carbocycles. The number of hydrogen-bond donors (Lipinski definition) is 1. The van der Waals surface area contributed by atoms with Crippen molar-refractivity contribution in [2.24, 2.45) is 12.0 Å². The molecule has 112 valence electrons. The van der Waals surface area contributed by atoms with Crippen LogP contribution >= 0.6 is 11.3 Å². The number of aromatic nitrogens is 1. The van der Waals surface area contributed by atoms with E-state index in [1.54, 1.807) is 36.0 Å². The van der Waals surface area contributed by atoms with Gasteiger partial charge in [0.25, 0.3) is 0 Å². The predicted molar refractivity (Wildman–Crippen MR) is 80.1 cm³/mol. The van der Waals surface area contributed by atoms with Crippen LogP contribution in [0.15, 0.2) is 51.8 Å². The van der Waals surface area contributed by atoms with Crippen molar-refractivity contribution in [3.8, 4) is 0 Å². The van der Waals surface area contributed by atoms with E-state index < -0.39 is 10.0 Å². The van der Waals surface area contributed by atoms with Gasteiger partial charge in [0.15, 0.2) is 4.80 Å². The zero-order chi connectivity index (χ0) is 15.3. The third-order valence-corrected chi connectivity index (χ3v) is 4.99. The Morgan fingerprint density at radius 1 is 1.33 bits per heavy atom. The molecule has 2 aromatic rings. The summed E-state index contributed by atoms with van der Waals surface area (Å²) < 4.78 is 28.0. The van der Waals surface area contributed by atoms with Crippen molar-refractivity contribution in [1.82, 2.24) is 9.29 Å². The maximum Gasteiger partial charge on any atom is 0.249 e. The van der Waals surface area contributed by atoms with Crippen LogP contribution in [0.25, 0.3) is 0 Å². The van der Waals surface area contributed by atoms with E-state index >= 15 is 0 Å². The van der Waals surface area contributed by atoms with Crippen LogP contribution < -0.4 is 9.52 Å². The van der Waals surface area contributed by atoms with E-state index in [0.29, 0.717) is 4.80 Å². The Balaban J connectivity index is 1.93. The largest absolute Gasteiger partial charge is 0.327 e. The third kappa shape index (κ3) is 4.35. The molecule has 1 aromatic heterocycles. The Labute approximate surface area is 126 Å². The van der Waals surface area contributed by atoms with Gasteiger partial charge in [0, 0.05) is 31.6 Å². The molecule has 0 spiro atoms. The fourth-order valence-electron chi connectivity index (χ4n) is 1.57. The Bertz CT molecular complexity index is 776. The maximum absolute atomic E-state index is 11.9. The molecule has 0 radical (unpaired) electrons. The van der Waals surface area contributed by atoms with Gasteiger partial charge in [0.05, 0.1) is 4.90 Å². The minimum Gasteiger partial charge on any atom is -0.327 e. The predicted octanol–water partition coefficient (Wildman–Crippen LogP) is 0.882. The van der Waals surface area contributed by atoms with Gasteiger partial charge in [-0.05, 0) is 12.1 Å². The van der Waals surface area contributed by atoms with Crippen molar-refractivity contribution in [3.63, 3.8) is 0 Å². The van der Waals surface area contributed by atoms with Crippen LogP contribution in [-0.2, 0) is 21.9 Å². The molecule has 0 unspecified atom stereocenters. The van der Waals surface area contributed by atoms with Gasteiger partial charge in [-0.1, -0.05) is 18.2 Å². The lowest BCUT2D eigenvalue weighted by atomic mass is 10.4. The van der Waals surface area contributed by atoms with Gasteiger partial charge in [-0.25, -0.2) is 13.1 Å². The van der Waals surface area contributed by atoms with E-state index in [0.717, 1.165) is 0 Å². The number of nitrogens with one attached hydrogen (secondary N) is 1. The number of aryl methyl sites for hydroxylation is 1. The monoisotopic (exact) mass is 325 g/mol. The molecule has 0 aliphatic rings. The lowest BCUT2D eigenvalue weighted by Gasteiger charge is -2.04. The first-order valence-corrected chi connectivity index (χ1v) is 8.58. The first kappa shape index (κ1) is 15.6. The van der Waals surface area contributed by atoms with Crippen molar-refractivity contribution in [2.75, 3.05) is 6.54 Å². The van der Waals surface area contributed by atoms with Crippen LogP contribution in [0.1, 0.15) is 6.42 Å². The summed E-state index contributed by atoms with van der Waals surface area (Å²) in [5.74, 6) is -0.358. The van der Waals surface area contributed by atoms with Crippen LogP contribution in [0.3, 0.4) is 0 Å². The molecule has 0 atom stereocenters. The number of thiazole rings is 1. The number of nitrogens with zero attached hydrogens (tertiary/aromatic N) is 2. The Morgan fingerprint density at radius 2 is 2.05 bits per heavy atom. The average Bonchev–Trinajstić information content (AvgIpc) is 2.85. The Kier molecular flexibility index (Phi) is 5.05. The average molecular weight is 325 g/mol. The molecule has 0 bridgehead atoms. The molecule has 2 rings (SSSR count). The smallest absolute Gasteiger partial charge is 0.249 e. The SMILES string of the molecule is Cn1ccsc1=NC(=O)CCNS(=O)(=O)c1ccccc1. The van der Waals surface area contributed by atoms with Gasteiger partial charge < -0.3 is 4.57 Å². The second-order valence-electron chi connectivity index (χ2n) is 4.26. The molecule has 1 aromatic carbocycles. The van der Waals surface area contributed by atoms with Gasteiger partial charge >= 0.3 is 0 Å². The summed E-state index contributed by atoms with van der Waals surface area (Å²) in [5.41, 5.74) is 0. The third-order valence-electron chi connectivity index (χ3n) is 2.66. The lowest BCUT2D eigenvalue weighted by Crippen LogP contribution is -2.26. The highest BCUT2D eigenvalue weighted by Crippen LogP contribution is 2.06. The topological polar surface area (TPSA) is 80.5 Å². The normalized spacial score (nSPS) is 12.5. The molecule has 1 N–H and O–H groups in total. The standard InChI is InChI=1S/C13H15N3O3S2/c1-16-9-10-20-13(16)15-12(17)7-8-14-21(18,19)11-5-3-2-4-6-11/h2-6,9-10,14H,7-8H2,1H3. The number of carbonyl (C=O) groups is 1. The second kappa shape index (κ2) is 6.79. The molecule has 21 heavy (non-hydrogen) atoms. The zero-order valence-electron chi connectivity index (χ0n) is 11.4. The fourth-order valence-corrected chi connectivity index (χ4v) is 3.37. The molecule has 1 amide bonds. The molecule has 8 heteroatoms. The number of amides is 1. The van der Waals surface area contributed by atoms with E-state index in [1.165, 1.54) is 23.5 Å². The highest BCUT2D eigenvalue weighted by atomic mass is 32.2. The van der Waals surface area contributed by atoms with E-state index in [4.69, 9.17) is 0 Å². The van der Waals surface area contributed by atoms with Crippen molar-refractivity contribution in [2.45, 2.75) is 11.3 Å². The summed E-state index contributed by atoms with van der Waals surface area (Å²) in [6, 6.07) is 8.03. The van der Waals surface area contributed by atoms with Gasteiger partial charge in [-0.15, -0.1) is 11.3 Å². The van der Waals surface area contributed by atoms with Crippen molar-refractivity contribution in [1.29, 1.82) is 0 Å². The van der Waals surface area contributed by atoms with Crippen LogP contribution in [0.2, 0.25) is 0 Å². The summed E-state index contributed by atoms with van der Waals surface area (Å²) in [6.45, 7) is 0.0225. The first-order chi connectivity index (χ1) is 9.99. The molecule has 0 saturated carbocycles. The van der Waals surface area contributed by atoms with Gasteiger partial charge in [-0.3, -0.25) is 4.79 Å². The van der Waals surface area contributed by atoms with Gasteiger partial charge in [0.1, 0.15) is 0 Å². The van der Waals surface area contributed by atoms with Crippen LogP contribution in [0.5, 0.6) is 0 Å². The molecule has 6 nitrogen and oxygen atoms in total. The van der Waals surface area contributed by atoms with Crippen molar-refractivity contribution < 1.29 is 13.2 Å². The summed E-state index contributed by atoms with van der Waals surface area (Å²) in [5, 5.41) is 1.82. The molecule has 1 heterocycles. The van der Waals surface area contributed by atoms with Crippen molar-refractivity contribution in [3.05, 3.63) is 46.7 Å². The number of carbonyl (C=O) groups excluding carboxylic acids is 1. The molecule has 0 aliphatic heterocycles. The molecular weight excluding hydrogens is 310 g/mol. The second-order valence-corrected chi connectivity index (χ2v) is 6.90. The van der Waals surface area contributed by atoms with Crippen LogP contribution in [-0.4, -0.2) is 25.4 Å². The number of rotatable bonds is 5. The maximum atomic E-state index is 11.9. The van der Waals surface area contributed by atoms with E-state index in [-0.39, 0.29) is 23.8 Å². The fraction of sp³-hybridized carbons (Fsp3) is 0.231. The number of sulfonamides is 1. The molecule has 0 saturated heterocycles. The zero-order valence-corrected chi connectivity index (χ0v) is 13.0. The summed E-state index contributed by atoms with van der Waals surface area (Å²) >= 11 is 1.35. The van der Waals surface area contributed by atoms with E-state index in [9.17, 15) is 13.2 Å². The van der Waals surface area contributed by atoms with Crippen molar-refractivity contribution >= 4 is 27.3 Å². The number of hydrogen-bond acceptors (Lipinski definition) is 4.